The number of benzene rings is 4. The number of hydrogen-bond acceptors (Lipinski definition) is 7. The first-order valence-corrected chi connectivity index (χ1v) is 16.1. The molecule has 0 atom stereocenters. The molecule has 0 saturated carbocycles. The number of carbonyl (C=O) groups excluding carboxylic acids is 2. The average Bonchev–Trinajstić information content (AvgIpc) is 3.51. The minimum absolute atomic E-state index is 0.0206. The van der Waals surface area contributed by atoms with Crippen LogP contribution in [0.25, 0.3) is 0 Å². The summed E-state index contributed by atoms with van der Waals surface area (Å²) in [6, 6.07) is 27.1. The lowest BCUT2D eigenvalue weighted by atomic mass is 10.1. The van der Waals surface area contributed by atoms with Crippen LogP contribution in [0.2, 0.25) is 0 Å². The van der Waals surface area contributed by atoms with Crippen molar-refractivity contribution in [1.82, 2.24) is 4.90 Å². The van der Waals surface area contributed by atoms with E-state index in [1.54, 1.807) is 18.2 Å². The van der Waals surface area contributed by atoms with Crippen LogP contribution in [0.1, 0.15) is 45.7 Å². The molecule has 9 nitrogen and oxygen atoms in total. The van der Waals surface area contributed by atoms with Crippen molar-refractivity contribution < 1.29 is 23.8 Å². The molecule has 0 radical (unpaired) electrons. The van der Waals surface area contributed by atoms with E-state index >= 15 is 0 Å². The second-order valence-corrected chi connectivity index (χ2v) is 12.1. The molecule has 0 unspecified atom stereocenters. The molecule has 4 aromatic carbocycles. The number of piperazine rings is 1. The van der Waals surface area contributed by atoms with Gasteiger partial charge in [-0.2, -0.15) is 0 Å². The highest BCUT2D eigenvalue weighted by molar-refractivity contribution is 6.09. The van der Waals surface area contributed by atoms with E-state index in [-0.39, 0.29) is 17.9 Å². The molecule has 0 aromatic heterocycles. The molecule has 244 valence electrons. The normalized spacial score (nSPS) is 14.6. The van der Waals surface area contributed by atoms with E-state index in [2.05, 4.69) is 47.2 Å². The van der Waals surface area contributed by atoms with E-state index in [9.17, 15) is 9.59 Å². The van der Waals surface area contributed by atoms with Crippen LogP contribution in [-0.4, -0.2) is 69.8 Å². The number of ether oxygens (including phenoxy) is 3. The molecule has 1 saturated heterocycles. The summed E-state index contributed by atoms with van der Waals surface area (Å²) in [5.74, 6) is 1.45. The maximum absolute atomic E-state index is 13.7. The first-order chi connectivity index (χ1) is 22.8. The zero-order valence-electron chi connectivity index (χ0n) is 27.5. The summed E-state index contributed by atoms with van der Waals surface area (Å²) in [4.78, 5) is 33.6. The van der Waals surface area contributed by atoms with Crippen LogP contribution >= 0.6 is 0 Å². The Morgan fingerprint density at radius 3 is 2.19 bits per heavy atom. The van der Waals surface area contributed by atoms with Gasteiger partial charge in [0.2, 0.25) is 0 Å². The van der Waals surface area contributed by atoms with Crippen molar-refractivity contribution in [3.05, 3.63) is 107 Å². The highest BCUT2D eigenvalue weighted by atomic mass is 16.5. The number of nitrogens with one attached hydrogen (secondary N) is 1. The van der Waals surface area contributed by atoms with Gasteiger partial charge in [0, 0.05) is 56.2 Å². The molecule has 6 rings (SSSR count). The topological polar surface area (TPSA) is 83.6 Å². The summed E-state index contributed by atoms with van der Waals surface area (Å²) >= 11 is 0. The van der Waals surface area contributed by atoms with Gasteiger partial charge >= 0.3 is 0 Å². The van der Waals surface area contributed by atoms with Crippen molar-refractivity contribution in [3.63, 3.8) is 0 Å². The summed E-state index contributed by atoms with van der Waals surface area (Å²) in [5, 5.41) is 2.97. The van der Waals surface area contributed by atoms with Crippen LogP contribution < -0.4 is 29.3 Å². The molecule has 47 heavy (non-hydrogen) atoms. The summed E-state index contributed by atoms with van der Waals surface area (Å²) in [5.41, 5.74) is 5.80. The molecule has 9 heteroatoms. The maximum atomic E-state index is 13.7. The van der Waals surface area contributed by atoms with Gasteiger partial charge in [-0.15, -0.1) is 0 Å². The molecular formula is C38H42N4O5. The number of amides is 2. The summed E-state index contributed by atoms with van der Waals surface area (Å²) in [6.45, 7) is 9.16. The Morgan fingerprint density at radius 1 is 0.766 bits per heavy atom. The van der Waals surface area contributed by atoms with Crippen LogP contribution in [0.3, 0.4) is 0 Å². The van der Waals surface area contributed by atoms with Crippen molar-refractivity contribution in [2.45, 2.75) is 32.9 Å². The number of anilines is 3. The fraction of sp³-hybridized carbons (Fsp3) is 0.316. The van der Waals surface area contributed by atoms with Crippen molar-refractivity contribution in [3.8, 4) is 17.2 Å². The fourth-order valence-electron chi connectivity index (χ4n) is 6.39. The Kier molecular flexibility index (Phi) is 9.63. The van der Waals surface area contributed by atoms with Crippen molar-refractivity contribution in [1.29, 1.82) is 0 Å². The van der Waals surface area contributed by atoms with E-state index in [0.29, 0.717) is 41.3 Å². The third kappa shape index (κ3) is 7.05. The largest absolute Gasteiger partial charge is 0.496 e. The number of fused-ring (bicyclic) bond motifs is 1. The number of hydrogen-bond donors (Lipinski definition) is 1. The molecule has 2 amide bonds. The second-order valence-electron chi connectivity index (χ2n) is 12.1. The number of para-hydroxylation sites is 2. The van der Waals surface area contributed by atoms with Crippen LogP contribution in [0.5, 0.6) is 17.2 Å². The first kappa shape index (κ1) is 31.9. The number of methoxy groups -OCH3 is 2. The van der Waals surface area contributed by atoms with Gasteiger partial charge in [0.05, 0.1) is 26.0 Å². The zero-order chi connectivity index (χ0) is 32.9. The lowest BCUT2D eigenvalue weighted by Gasteiger charge is -2.37. The van der Waals surface area contributed by atoms with E-state index < -0.39 is 0 Å². The highest BCUT2D eigenvalue weighted by Gasteiger charge is 2.27. The van der Waals surface area contributed by atoms with Crippen molar-refractivity contribution in [2.24, 2.45) is 0 Å². The van der Waals surface area contributed by atoms with Gasteiger partial charge in [-0.25, -0.2) is 0 Å². The third-order valence-electron chi connectivity index (χ3n) is 8.65. The molecule has 0 aliphatic carbocycles. The van der Waals surface area contributed by atoms with E-state index in [0.717, 1.165) is 61.0 Å². The standard InChI is InChI=1S/C38H42N4O5/c1-26(2)47-33-12-6-5-11-32(33)41-21-19-40(20-22-41)25-27-9-7-10-29(23-27)38(44)42-18-17-28-24-30(15-16-31(28)42)39-37(43)36-34(45-3)13-8-14-35(36)46-4/h5-16,23-24,26H,17-22,25H2,1-4H3,(H,39,43). The van der Waals surface area contributed by atoms with Crippen LogP contribution in [0.4, 0.5) is 17.1 Å². The average molecular weight is 635 g/mol. The molecule has 1 N–H and O–H groups in total. The Morgan fingerprint density at radius 2 is 1.47 bits per heavy atom. The predicted octanol–water partition coefficient (Wildman–Crippen LogP) is 6.27. The molecule has 2 heterocycles. The second kappa shape index (κ2) is 14.2. The Balaban J connectivity index is 1.09. The van der Waals surface area contributed by atoms with Gasteiger partial charge < -0.3 is 29.3 Å². The first-order valence-electron chi connectivity index (χ1n) is 16.1. The minimum atomic E-state index is -0.326. The Labute approximate surface area is 276 Å². The summed E-state index contributed by atoms with van der Waals surface area (Å²) in [7, 11) is 3.04. The van der Waals surface area contributed by atoms with Gasteiger partial charge in [-0.05, 0) is 86.0 Å². The molecule has 0 spiro atoms. The molecule has 0 bridgehead atoms. The van der Waals surface area contributed by atoms with Crippen LogP contribution in [0.15, 0.2) is 84.9 Å². The van der Waals surface area contributed by atoms with Crippen molar-refractivity contribution in [2.75, 3.05) is 62.1 Å². The van der Waals surface area contributed by atoms with Crippen LogP contribution in [0, 0.1) is 0 Å². The third-order valence-corrected chi connectivity index (χ3v) is 8.65. The number of nitrogens with zero attached hydrogens (tertiary/aromatic N) is 3. The van der Waals surface area contributed by atoms with Gasteiger partial charge in [0.25, 0.3) is 11.8 Å². The van der Waals surface area contributed by atoms with Gasteiger partial charge in [-0.3, -0.25) is 14.5 Å². The maximum Gasteiger partial charge on any atom is 0.263 e. The quantitative estimate of drug-likeness (QED) is 0.220. The number of rotatable bonds is 10. The van der Waals surface area contributed by atoms with Gasteiger partial charge in [0.15, 0.2) is 0 Å². The SMILES string of the molecule is COc1cccc(OC)c1C(=O)Nc1ccc2c(c1)CCN2C(=O)c1cccc(CN2CCN(c3ccccc3OC(C)C)CC2)c1. The van der Waals surface area contributed by atoms with E-state index in [1.165, 1.54) is 14.2 Å². The predicted molar refractivity (Wildman–Crippen MR) is 185 cm³/mol. The zero-order valence-corrected chi connectivity index (χ0v) is 27.5. The number of carbonyl (C=O) groups is 2. The van der Waals surface area contributed by atoms with E-state index in [4.69, 9.17) is 14.2 Å². The Bertz CT molecular complexity index is 1730. The van der Waals surface area contributed by atoms with Crippen LogP contribution in [-0.2, 0) is 13.0 Å². The lowest BCUT2D eigenvalue weighted by molar-refractivity contribution is 0.0986. The smallest absolute Gasteiger partial charge is 0.263 e. The molecule has 4 aromatic rings. The highest BCUT2D eigenvalue weighted by Crippen LogP contribution is 2.34. The molecule has 2 aliphatic rings. The fourth-order valence-corrected chi connectivity index (χ4v) is 6.39. The van der Waals surface area contributed by atoms with Gasteiger partial charge in [-0.1, -0.05) is 30.3 Å². The Hall–Kier alpha value is -5.02. The summed E-state index contributed by atoms with van der Waals surface area (Å²) in [6.07, 6.45) is 0.833. The monoisotopic (exact) mass is 634 g/mol. The van der Waals surface area contributed by atoms with E-state index in [1.807, 2.05) is 53.4 Å². The molecule has 2 aliphatic heterocycles. The molecule has 1 fully saturated rings. The summed E-state index contributed by atoms with van der Waals surface area (Å²) < 4.78 is 16.8. The lowest BCUT2D eigenvalue weighted by Crippen LogP contribution is -2.46. The minimum Gasteiger partial charge on any atom is -0.496 e. The van der Waals surface area contributed by atoms with Gasteiger partial charge in [0.1, 0.15) is 22.8 Å². The van der Waals surface area contributed by atoms with Crippen molar-refractivity contribution >= 4 is 28.9 Å². The molecular weight excluding hydrogens is 592 g/mol.